The van der Waals surface area contributed by atoms with Gasteiger partial charge in [-0.15, -0.1) is 0 Å². The molecule has 1 aromatic rings. The van der Waals surface area contributed by atoms with Crippen molar-refractivity contribution in [2.45, 2.75) is 13.8 Å². The van der Waals surface area contributed by atoms with E-state index in [0.717, 1.165) is 22.6 Å². The Kier molecular flexibility index (Phi) is 3.66. The molecule has 5 nitrogen and oxygen atoms in total. The third-order valence-corrected chi connectivity index (χ3v) is 3.64. The average molecular weight is 265 g/mol. The smallest absolute Gasteiger partial charge is 0.316 e. The first-order valence-electron chi connectivity index (χ1n) is 6.19. The monoisotopic (exact) mass is 265 g/mol. The maximum atomic E-state index is 11.2. The van der Waals surface area contributed by atoms with Gasteiger partial charge in [-0.25, -0.2) is 0 Å². The molecule has 0 amide bonds. The molecule has 0 unspecified atom stereocenters. The van der Waals surface area contributed by atoms with E-state index in [1.807, 2.05) is 26.0 Å². The van der Waals surface area contributed by atoms with Crippen LogP contribution in [0.15, 0.2) is 12.1 Å². The number of methoxy groups -OCH3 is 1. The van der Waals surface area contributed by atoms with E-state index in [1.54, 1.807) is 7.11 Å². The first kappa shape index (κ1) is 13.7. The Hall–Kier alpha value is -1.75. The number of ether oxygens (including phenoxy) is 2. The minimum atomic E-state index is -0.825. The summed E-state index contributed by atoms with van der Waals surface area (Å²) in [7, 11) is 1.61. The largest absolute Gasteiger partial charge is 0.495 e. The number of hydrogen-bond acceptors (Lipinski definition) is 4. The second kappa shape index (κ2) is 5.09. The molecule has 1 aliphatic rings. The fraction of sp³-hybridized carbons (Fsp3) is 0.500. The van der Waals surface area contributed by atoms with Gasteiger partial charge in [0, 0.05) is 6.54 Å². The van der Waals surface area contributed by atoms with Gasteiger partial charge in [0.1, 0.15) is 11.2 Å². The summed E-state index contributed by atoms with van der Waals surface area (Å²) in [6, 6.07) is 3.92. The van der Waals surface area contributed by atoms with Crippen molar-refractivity contribution in [3.05, 3.63) is 23.3 Å². The quantitative estimate of drug-likeness (QED) is 0.850. The first-order valence-corrected chi connectivity index (χ1v) is 6.19. The zero-order valence-corrected chi connectivity index (χ0v) is 11.4. The van der Waals surface area contributed by atoms with Crippen LogP contribution in [0, 0.1) is 19.3 Å². The molecule has 1 heterocycles. The summed E-state index contributed by atoms with van der Waals surface area (Å²) in [6.45, 7) is 4.87. The zero-order chi connectivity index (χ0) is 14.0. The van der Waals surface area contributed by atoms with Crippen LogP contribution in [-0.4, -0.2) is 37.9 Å². The predicted octanol–water partition coefficient (Wildman–Crippen LogP) is 1.83. The highest BCUT2D eigenvalue weighted by Gasteiger charge is 2.46. The third-order valence-electron chi connectivity index (χ3n) is 3.64. The lowest BCUT2D eigenvalue weighted by atomic mass is 9.86. The van der Waals surface area contributed by atoms with Crippen molar-refractivity contribution < 1.29 is 19.4 Å². The Balaban J connectivity index is 2.15. The standard InChI is InChI=1S/C14H19NO4/c1-9-4-11(12(18-3)5-10(9)2)15-6-14(13(16)17)7-19-8-14/h4-5,15H,6-8H2,1-3H3,(H,16,17). The molecule has 1 aromatic carbocycles. The highest BCUT2D eigenvalue weighted by Crippen LogP contribution is 2.32. The van der Waals surface area contributed by atoms with Crippen LogP contribution in [0.3, 0.4) is 0 Å². The van der Waals surface area contributed by atoms with E-state index < -0.39 is 11.4 Å². The van der Waals surface area contributed by atoms with Crippen molar-refractivity contribution in [3.63, 3.8) is 0 Å². The number of carbonyl (C=O) groups is 1. The van der Waals surface area contributed by atoms with Gasteiger partial charge < -0.3 is 19.9 Å². The van der Waals surface area contributed by atoms with Gasteiger partial charge in [0.25, 0.3) is 0 Å². The van der Waals surface area contributed by atoms with Crippen LogP contribution in [0.5, 0.6) is 5.75 Å². The van der Waals surface area contributed by atoms with Gasteiger partial charge in [-0.3, -0.25) is 4.79 Å². The Labute approximate surface area is 112 Å². The molecule has 5 heteroatoms. The van der Waals surface area contributed by atoms with Crippen LogP contribution >= 0.6 is 0 Å². The molecule has 0 radical (unpaired) electrons. The topological polar surface area (TPSA) is 67.8 Å². The number of aryl methyl sites for hydroxylation is 2. The SMILES string of the molecule is COc1cc(C)c(C)cc1NCC1(C(=O)O)COC1. The van der Waals surface area contributed by atoms with E-state index in [2.05, 4.69) is 5.32 Å². The Morgan fingerprint density at radius 1 is 1.42 bits per heavy atom. The lowest BCUT2D eigenvalue weighted by molar-refractivity contribution is -0.176. The molecular weight excluding hydrogens is 246 g/mol. The summed E-state index contributed by atoms with van der Waals surface area (Å²) < 4.78 is 10.4. The molecule has 0 atom stereocenters. The minimum Gasteiger partial charge on any atom is -0.495 e. The number of carboxylic acids is 1. The van der Waals surface area contributed by atoms with Crippen LogP contribution in [-0.2, 0) is 9.53 Å². The average Bonchev–Trinajstić information content (AvgIpc) is 2.31. The number of benzene rings is 1. The second-order valence-electron chi connectivity index (χ2n) is 5.07. The summed E-state index contributed by atoms with van der Waals surface area (Å²) >= 11 is 0. The van der Waals surface area contributed by atoms with Crippen molar-refractivity contribution in [1.82, 2.24) is 0 Å². The van der Waals surface area contributed by atoms with Crippen molar-refractivity contribution >= 4 is 11.7 Å². The molecular formula is C14H19NO4. The molecule has 19 heavy (non-hydrogen) atoms. The van der Waals surface area contributed by atoms with Gasteiger partial charge in [-0.1, -0.05) is 0 Å². The van der Waals surface area contributed by atoms with Gasteiger partial charge in [0.15, 0.2) is 0 Å². The first-order chi connectivity index (χ1) is 8.98. The normalized spacial score (nSPS) is 16.6. The van der Waals surface area contributed by atoms with Crippen molar-refractivity contribution in [1.29, 1.82) is 0 Å². The molecule has 0 bridgehead atoms. The molecule has 2 rings (SSSR count). The number of hydrogen-bond donors (Lipinski definition) is 2. The predicted molar refractivity (Wildman–Crippen MR) is 71.8 cm³/mol. The summed E-state index contributed by atoms with van der Waals surface area (Å²) in [5.74, 6) is -0.0991. The third kappa shape index (κ3) is 2.51. The van der Waals surface area contributed by atoms with E-state index in [4.69, 9.17) is 9.47 Å². The van der Waals surface area contributed by atoms with E-state index in [-0.39, 0.29) is 13.2 Å². The zero-order valence-electron chi connectivity index (χ0n) is 11.4. The number of anilines is 1. The lowest BCUT2D eigenvalue weighted by Gasteiger charge is -2.37. The Bertz CT molecular complexity index is 494. The molecule has 0 spiro atoms. The van der Waals surface area contributed by atoms with Crippen LogP contribution in [0.2, 0.25) is 0 Å². The molecule has 104 valence electrons. The fourth-order valence-electron chi connectivity index (χ4n) is 2.01. The molecule has 0 saturated carbocycles. The van der Waals surface area contributed by atoms with Crippen LogP contribution in [0.25, 0.3) is 0 Å². The maximum absolute atomic E-state index is 11.2. The van der Waals surface area contributed by atoms with Crippen molar-refractivity contribution in [2.75, 3.05) is 32.2 Å². The minimum absolute atomic E-state index is 0.252. The molecule has 1 fully saturated rings. The Morgan fingerprint density at radius 3 is 2.53 bits per heavy atom. The number of nitrogens with one attached hydrogen (secondary N) is 1. The van der Waals surface area contributed by atoms with Gasteiger partial charge in [0.05, 0.1) is 26.0 Å². The number of carboxylic acid groups (broad SMARTS) is 1. The van der Waals surface area contributed by atoms with Gasteiger partial charge in [0.2, 0.25) is 0 Å². The second-order valence-corrected chi connectivity index (χ2v) is 5.07. The Morgan fingerprint density at radius 2 is 2.05 bits per heavy atom. The highest BCUT2D eigenvalue weighted by molar-refractivity contribution is 5.77. The molecule has 1 aliphatic heterocycles. The highest BCUT2D eigenvalue weighted by atomic mass is 16.5. The van der Waals surface area contributed by atoms with E-state index in [0.29, 0.717) is 6.54 Å². The van der Waals surface area contributed by atoms with Gasteiger partial charge in [-0.05, 0) is 37.1 Å². The van der Waals surface area contributed by atoms with Crippen LogP contribution in [0.4, 0.5) is 5.69 Å². The summed E-state index contributed by atoms with van der Waals surface area (Å²) in [6.07, 6.45) is 0. The fourth-order valence-corrected chi connectivity index (χ4v) is 2.01. The van der Waals surface area contributed by atoms with Crippen molar-refractivity contribution in [3.8, 4) is 5.75 Å². The summed E-state index contributed by atoms with van der Waals surface area (Å²) in [5.41, 5.74) is 2.28. The molecule has 2 N–H and O–H groups in total. The van der Waals surface area contributed by atoms with E-state index in [1.165, 1.54) is 0 Å². The van der Waals surface area contributed by atoms with E-state index in [9.17, 15) is 9.90 Å². The van der Waals surface area contributed by atoms with E-state index >= 15 is 0 Å². The molecule has 1 saturated heterocycles. The summed E-state index contributed by atoms with van der Waals surface area (Å²) in [5, 5.41) is 12.4. The van der Waals surface area contributed by atoms with Crippen molar-refractivity contribution in [2.24, 2.45) is 5.41 Å². The van der Waals surface area contributed by atoms with Crippen LogP contribution in [0.1, 0.15) is 11.1 Å². The lowest BCUT2D eigenvalue weighted by Crippen LogP contribution is -2.53. The summed E-state index contributed by atoms with van der Waals surface area (Å²) in [4.78, 5) is 11.2. The maximum Gasteiger partial charge on any atom is 0.316 e. The molecule has 0 aliphatic carbocycles. The van der Waals surface area contributed by atoms with Gasteiger partial charge in [-0.2, -0.15) is 0 Å². The number of aliphatic carboxylic acids is 1. The molecule has 0 aromatic heterocycles. The van der Waals surface area contributed by atoms with Crippen LogP contribution < -0.4 is 10.1 Å². The number of rotatable bonds is 5. The van der Waals surface area contributed by atoms with Gasteiger partial charge >= 0.3 is 5.97 Å².